The van der Waals surface area contributed by atoms with Gasteiger partial charge in [-0.05, 0) is 50.6 Å². The second-order valence-electron chi connectivity index (χ2n) is 5.95. The number of nitrogens with zero attached hydrogens (tertiary/aromatic N) is 2. The number of rotatable bonds is 2. The number of aryl methyl sites for hydroxylation is 2. The maximum Gasteiger partial charge on any atom is 0.337 e. The van der Waals surface area contributed by atoms with E-state index in [4.69, 9.17) is 9.84 Å². The Morgan fingerprint density at radius 1 is 1.25 bits per heavy atom. The van der Waals surface area contributed by atoms with E-state index in [1.807, 2.05) is 32.0 Å². The van der Waals surface area contributed by atoms with Crippen LogP contribution >= 0.6 is 0 Å². The van der Waals surface area contributed by atoms with Gasteiger partial charge in [-0.25, -0.2) is 9.78 Å². The molecule has 2 aromatic rings. The average Bonchev–Trinajstić information content (AvgIpc) is 2.52. The predicted molar refractivity (Wildman–Crippen MR) is 88.9 cm³/mol. The number of carbonyl (C=O) groups excluding carboxylic acids is 1. The lowest BCUT2D eigenvalue weighted by Gasteiger charge is -2.33. The molecule has 1 aliphatic heterocycles. The standard InChI is InChI=1S/C18H18N2O4/c1-10-4-7-15-16(8-10)24-11(2)9-20(15)17(21)14-6-5-13(18(22)23)12(3)19-14/h4-8,11H,9H2,1-3H3,(H,22,23). The number of ether oxygens (including phenoxy) is 1. The van der Waals surface area contributed by atoms with Gasteiger partial charge in [-0.3, -0.25) is 9.69 Å². The third kappa shape index (κ3) is 2.82. The summed E-state index contributed by atoms with van der Waals surface area (Å²) in [5, 5.41) is 9.08. The minimum atomic E-state index is -1.06. The molecule has 24 heavy (non-hydrogen) atoms. The summed E-state index contributed by atoms with van der Waals surface area (Å²) in [6.07, 6.45) is -0.136. The van der Waals surface area contributed by atoms with E-state index in [2.05, 4.69) is 4.98 Å². The molecular formula is C18H18N2O4. The quantitative estimate of drug-likeness (QED) is 0.918. The molecule has 0 radical (unpaired) electrons. The van der Waals surface area contributed by atoms with Gasteiger partial charge in [-0.2, -0.15) is 0 Å². The number of pyridine rings is 1. The maximum atomic E-state index is 12.9. The highest BCUT2D eigenvalue weighted by Crippen LogP contribution is 2.35. The Kier molecular flexibility index (Phi) is 3.97. The molecule has 1 amide bonds. The number of anilines is 1. The third-order valence-corrected chi connectivity index (χ3v) is 3.95. The van der Waals surface area contributed by atoms with Crippen LogP contribution in [0.25, 0.3) is 0 Å². The lowest BCUT2D eigenvalue weighted by atomic mass is 10.1. The van der Waals surface area contributed by atoms with Gasteiger partial charge in [0.1, 0.15) is 17.5 Å². The van der Waals surface area contributed by atoms with Crippen molar-refractivity contribution in [3.05, 3.63) is 52.8 Å². The van der Waals surface area contributed by atoms with Crippen molar-refractivity contribution in [1.29, 1.82) is 0 Å². The number of fused-ring (bicyclic) bond motifs is 1. The van der Waals surface area contributed by atoms with Gasteiger partial charge in [0, 0.05) is 0 Å². The Labute approximate surface area is 139 Å². The number of carboxylic acids is 1. The fourth-order valence-corrected chi connectivity index (χ4v) is 2.78. The van der Waals surface area contributed by atoms with Crippen molar-refractivity contribution in [1.82, 2.24) is 4.98 Å². The van der Waals surface area contributed by atoms with E-state index in [-0.39, 0.29) is 23.3 Å². The van der Waals surface area contributed by atoms with E-state index in [1.165, 1.54) is 12.1 Å². The first kappa shape index (κ1) is 16.0. The Morgan fingerprint density at radius 3 is 2.67 bits per heavy atom. The molecule has 0 fully saturated rings. The minimum Gasteiger partial charge on any atom is -0.487 e. The molecule has 0 aliphatic carbocycles. The zero-order valence-corrected chi connectivity index (χ0v) is 13.7. The van der Waals surface area contributed by atoms with E-state index in [1.54, 1.807) is 11.8 Å². The first-order chi connectivity index (χ1) is 11.4. The van der Waals surface area contributed by atoms with Crippen molar-refractivity contribution >= 4 is 17.6 Å². The fraction of sp³-hybridized carbons (Fsp3) is 0.278. The number of carboxylic acid groups (broad SMARTS) is 1. The summed E-state index contributed by atoms with van der Waals surface area (Å²) >= 11 is 0. The second kappa shape index (κ2) is 5.96. The van der Waals surface area contributed by atoms with Gasteiger partial charge >= 0.3 is 5.97 Å². The zero-order valence-electron chi connectivity index (χ0n) is 13.7. The van der Waals surface area contributed by atoms with Gasteiger partial charge in [0.2, 0.25) is 0 Å². The van der Waals surface area contributed by atoms with Crippen LogP contribution in [0.1, 0.15) is 39.0 Å². The smallest absolute Gasteiger partial charge is 0.337 e. The summed E-state index contributed by atoms with van der Waals surface area (Å²) in [5.74, 6) is -0.656. The van der Waals surface area contributed by atoms with Crippen molar-refractivity contribution in [2.75, 3.05) is 11.4 Å². The van der Waals surface area contributed by atoms with Crippen molar-refractivity contribution in [3.63, 3.8) is 0 Å². The second-order valence-corrected chi connectivity index (χ2v) is 5.95. The molecule has 2 heterocycles. The van der Waals surface area contributed by atoms with Gasteiger partial charge in [-0.15, -0.1) is 0 Å². The molecule has 124 valence electrons. The molecule has 1 aliphatic rings. The maximum absolute atomic E-state index is 12.9. The third-order valence-electron chi connectivity index (χ3n) is 3.95. The molecule has 1 N–H and O–H groups in total. The summed E-state index contributed by atoms with van der Waals surface area (Å²) < 4.78 is 5.81. The van der Waals surface area contributed by atoms with Crippen LogP contribution in [0, 0.1) is 13.8 Å². The minimum absolute atomic E-state index is 0.0953. The summed E-state index contributed by atoms with van der Waals surface area (Å²) in [6, 6.07) is 8.54. The monoisotopic (exact) mass is 326 g/mol. The van der Waals surface area contributed by atoms with E-state index < -0.39 is 5.97 Å². The highest BCUT2D eigenvalue weighted by Gasteiger charge is 2.29. The molecule has 0 saturated heterocycles. The van der Waals surface area contributed by atoms with Crippen molar-refractivity contribution in [3.8, 4) is 5.75 Å². The summed E-state index contributed by atoms with van der Waals surface area (Å²) in [5.41, 5.74) is 2.38. The summed E-state index contributed by atoms with van der Waals surface area (Å²) in [7, 11) is 0. The molecule has 0 spiro atoms. The van der Waals surface area contributed by atoms with E-state index in [0.717, 1.165) is 5.56 Å². The SMILES string of the molecule is Cc1ccc2c(c1)OC(C)CN2C(=O)c1ccc(C(=O)O)c(C)n1. The lowest BCUT2D eigenvalue weighted by molar-refractivity contribution is 0.0695. The molecule has 1 atom stereocenters. The van der Waals surface area contributed by atoms with Crippen LogP contribution in [0.4, 0.5) is 5.69 Å². The zero-order chi connectivity index (χ0) is 17.4. The van der Waals surface area contributed by atoms with E-state index >= 15 is 0 Å². The fourth-order valence-electron chi connectivity index (χ4n) is 2.78. The Balaban J connectivity index is 1.99. The lowest BCUT2D eigenvalue weighted by Crippen LogP contribution is -2.42. The molecule has 1 unspecified atom stereocenters. The molecular weight excluding hydrogens is 308 g/mol. The number of aromatic nitrogens is 1. The summed E-state index contributed by atoms with van der Waals surface area (Å²) in [4.78, 5) is 29.8. The van der Waals surface area contributed by atoms with Crippen LogP contribution in [-0.2, 0) is 0 Å². The molecule has 6 nitrogen and oxygen atoms in total. The van der Waals surface area contributed by atoms with Gasteiger partial charge in [-0.1, -0.05) is 6.07 Å². The number of carbonyl (C=O) groups is 2. The summed E-state index contributed by atoms with van der Waals surface area (Å²) in [6.45, 7) is 5.86. The van der Waals surface area contributed by atoms with Crippen LogP contribution in [0.15, 0.2) is 30.3 Å². The Bertz CT molecular complexity index is 832. The number of benzene rings is 1. The van der Waals surface area contributed by atoms with E-state index in [9.17, 15) is 9.59 Å². The number of hydrogen-bond donors (Lipinski definition) is 1. The normalized spacial score (nSPS) is 16.3. The van der Waals surface area contributed by atoms with Crippen LogP contribution in [0.3, 0.4) is 0 Å². The Hall–Kier alpha value is -2.89. The average molecular weight is 326 g/mol. The largest absolute Gasteiger partial charge is 0.487 e. The van der Waals surface area contributed by atoms with Crippen molar-refractivity contribution in [2.24, 2.45) is 0 Å². The van der Waals surface area contributed by atoms with Crippen LogP contribution in [0.2, 0.25) is 0 Å². The van der Waals surface area contributed by atoms with Gasteiger partial charge in [0.25, 0.3) is 5.91 Å². The van der Waals surface area contributed by atoms with Gasteiger partial charge in [0.05, 0.1) is 23.5 Å². The topological polar surface area (TPSA) is 79.7 Å². The van der Waals surface area contributed by atoms with Gasteiger partial charge < -0.3 is 9.84 Å². The van der Waals surface area contributed by atoms with E-state index in [0.29, 0.717) is 23.7 Å². The first-order valence-electron chi connectivity index (χ1n) is 7.67. The van der Waals surface area contributed by atoms with Gasteiger partial charge in [0.15, 0.2) is 0 Å². The molecule has 0 saturated carbocycles. The molecule has 3 rings (SSSR count). The van der Waals surface area contributed by atoms with Crippen LogP contribution in [-0.4, -0.2) is 34.6 Å². The van der Waals surface area contributed by atoms with Crippen molar-refractivity contribution in [2.45, 2.75) is 26.9 Å². The highest BCUT2D eigenvalue weighted by molar-refractivity contribution is 6.06. The highest BCUT2D eigenvalue weighted by atomic mass is 16.5. The van der Waals surface area contributed by atoms with Crippen molar-refractivity contribution < 1.29 is 19.4 Å². The Morgan fingerprint density at radius 2 is 2.00 bits per heavy atom. The first-order valence-corrected chi connectivity index (χ1v) is 7.67. The molecule has 1 aromatic heterocycles. The molecule has 6 heteroatoms. The number of hydrogen-bond acceptors (Lipinski definition) is 4. The number of aromatic carboxylic acids is 1. The predicted octanol–water partition coefficient (Wildman–Crippen LogP) is 2.82. The number of amides is 1. The molecule has 0 bridgehead atoms. The van der Waals surface area contributed by atoms with Crippen LogP contribution in [0.5, 0.6) is 5.75 Å². The molecule has 1 aromatic carbocycles. The van der Waals surface area contributed by atoms with Crippen LogP contribution < -0.4 is 9.64 Å².